The molecule has 24 heavy (non-hydrogen) atoms. The Kier molecular flexibility index (Phi) is 18.3. The molecule has 0 saturated carbocycles. The van der Waals surface area contributed by atoms with Crippen LogP contribution >= 0.6 is 0 Å². The molecule has 7 nitrogen and oxygen atoms in total. The first kappa shape index (κ1) is 26.4. The van der Waals surface area contributed by atoms with Crippen LogP contribution in [0.5, 0.6) is 0 Å². The standard InChI is InChI=1S/C9H22O3Si.C6H17NO3Si/c1-5-9-13(10-6-2,11-7-3)12-8-4;1-8-11(9-2,10-3)6-4-5-7/h5-9H2,1-4H3;4-7H2,1-3H3. The van der Waals surface area contributed by atoms with E-state index in [9.17, 15) is 0 Å². The molecule has 0 spiro atoms. The number of hydrogen-bond acceptors (Lipinski definition) is 7. The maximum atomic E-state index is 5.65. The Morgan fingerprint density at radius 1 is 0.667 bits per heavy atom. The zero-order valence-electron chi connectivity index (χ0n) is 16.7. The predicted octanol–water partition coefficient (Wildman–Crippen LogP) is 2.66. The van der Waals surface area contributed by atoms with E-state index in [0.717, 1.165) is 24.9 Å². The van der Waals surface area contributed by atoms with Crippen molar-refractivity contribution in [2.24, 2.45) is 5.73 Å². The van der Waals surface area contributed by atoms with Crippen molar-refractivity contribution < 1.29 is 26.6 Å². The van der Waals surface area contributed by atoms with E-state index in [2.05, 4.69) is 6.92 Å². The van der Waals surface area contributed by atoms with Gasteiger partial charge in [-0.05, 0) is 33.7 Å². The highest BCUT2D eigenvalue weighted by molar-refractivity contribution is 6.61. The fraction of sp³-hybridized carbons (Fsp3) is 1.00. The van der Waals surface area contributed by atoms with Crippen LogP contribution in [0.4, 0.5) is 0 Å². The van der Waals surface area contributed by atoms with Crippen LogP contribution in [0.3, 0.4) is 0 Å². The van der Waals surface area contributed by atoms with Gasteiger partial charge in [0.2, 0.25) is 0 Å². The van der Waals surface area contributed by atoms with Gasteiger partial charge in [-0.1, -0.05) is 13.3 Å². The normalized spacial score (nSPS) is 12.0. The van der Waals surface area contributed by atoms with Crippen molar-refractivity contribution in [2.75, 3.05) is 47.7 Å². The van der Waals surface area contributed by atoms with E-state index in [1.165, 1.54) is 0 Å². The minimum absolute atomic E-state index is 0.644. The van der Waals surface area contributed by atoms with Gasteiger partial charge in [-0.2, -0.15) is 0 Å². The third kappa shape index (κ3) is 10.9. The fourth-order valence-corrected chi connectivity index (χ4v) is 6.55. The maximum Gasteiger partial charge on any atom is 0.500 e. The molecule has 0 aliphatic heterocycles. The maximum absolute atomic E-state index is 5.65. The van der Waals surface area contributed by atoms with Crippen LogP contribution in [0.25, 0.3) is 0 Å². The van der Waals surface area contributed by atoms with Gasteiger partial charge in [0.15, 0.2) is 0 Å². The van der Waals surface area contributed by atoms with Crippen LogP contribution in [0.15, 0.2) is 0 Å². The Hall–Kier alpha value is 0.154. The Morgan fingerprint density at radius 2 is 1.08 bits per heavy atom. The van der Waals surface area contributed by atoms with Crippen molar-refractivity contribution in [3.8, 4) is 0 Å². The molecule has 0 atom stereocenters. The molecule has 0 saturated heterocycles. The van der Waals surface area contributed by atoms with E-state index in [1.54, 1.807) is 21.3 Å². The summed E-state index contributed by atoms with van der Waals surface area (Å²) < 4.78 is 32.5. The molecule has 0 amide bonds. The first-order chi connectivity index (χ1) is 11.5. The van der Waals surface area contributed by atoms with Crippen molar-refractivity contribution in [3.63, 3.8) is 0 Å². The number of nitrogens with two attached hydrogens (primary N) is 1. The van der Waals surface area contributed by atoms with Crippen molar-refractivity contribution in [1.82, 2.24) is 0 Å². The molecule has 0 aromatic heterocycles. The zero-order valence-corrected chi connectivity index (χ0v) is 18.7. The fourth-order valence-electron chi connectivity index (χ4n) is 2.18. The average molecular weight is 386 g/mol. The first-order valence-electron chi connectivity index (χ1n) is 8.76. The minimum atomic E-state index is -2.32. The molecule has 0 aliphatic carbocycles. The third-order valence-corrected chi connectivity index (χ3v) is 9.40. The lowest BCUT2D eigenvalue weighted by Gasteiger charge is -2.27. The Morgan fingerprint density at radius 3 is 1.33 bits per heavy atom. The van der Waals surface area contributed by atoms with E-state index in [-0.39, 0.29) is 0 Å². The molecule has 0 bridgehead atoms. The first-order valence-corrected chi connectivity index (χ1v) is 12.6. The lowest BCUT2D eigenvalue weighted by molar-refractivity contribution is 0.0711. The summed E-state index contributed by atoms with van der Waals surface area (Å²) in [4.78, 5) is 0. The zero-order chi connectivity index (χ0) is 18.9. The van der Waals surface area contributed by atoms with Crippen molar-refractivity contribution >= 4 is 17.6 Å². The lowest BCUT2D eigenvalue weighted by Crippen LogP contribution is -2.45. The Balaban J connectivity index is 0. The Labute approximate surface area is 150 Å². The topological polar surface area (TPSA) is 81.4 Å². The highest BCUT2D eigenvalue weighted by Crippen LogP contribution is 2.17. The van der Waals surface area contributed by atoms with Gasteiger partial charge < -0.3 is 32.3 Å². The minimum Gasteiger partial charge on any atom is -0.377 e. The van der Waals surface area contributed by atoms with E-state index >= 15 is 0 Å². The van der Waals surface area contributed by atoms with Crippen LogP contribution in [0.2, 0.25) is 12.1 Å². The van der Waals surface area contributed by atoms with Crippen LogP contribution in [0, 0.1) is 0 Å². The smallest absolute Gasteiger partial charge is 0.377 e. The second-order valence-electron chi connectivity index (χ2n) is 4.92. The van der Waals surface area contributed by atoms with Gasteiger partial charge in [-0.15, -0.1) is 0 Å². The Bertz CT molecular complexity index is 233. The van der Waals surface area contributed by atoms with Crippen molar-refractivity contribution in [1.29, 1.82) is 0 Å². The summed E-state index contributed by atoms with van der Waals surface area (Å²) in [5.41, 5.74) is 5.36. The molecule has 9 heteroatoms. The molecule has 2 N–H and O–H groups in total. The summed E-state index contributed by atoms with van der Waals surface area (Å²) >= 11 is 0. The molecule has 0 rings (SSSR count). The summed E-state index contributed by atoms with van der Waals surface area (Å²) in [6.07, 6.45) is 1.92. The average Bonchev–Trinajstić information content (AvgIpc) is 2.58. The summed E-state index contributed by atoms with van der Waals surface area (Å²) in [5, 5.41) is 0. The van der Waals surface area contributed by atoms with Gasteiger partial charge in [0.25, 0.3) is 0 Å². The van der Waals surface area contributed by atoms with E-state index < -0.39 is 17.6 Å². The second-order valence-corrected chi connectivity index (χ2v) is 10.7. The molecule has 0 aromatic carbocycles. The lowest BCUT2D eigenvalue weighted by atomic mass is 10.5. The van der Waals surface area contributed by atoms with E-state index in [1.807, 2.05) is 20.8 Å². The molecule has 0 aromatic rings. The van der Waals surface area contributed by atoms with Gasteiger partial charge in [0.1, 0.15) is 0 Å². The summed E-state index contributed by atoms with van der Waals surface area (Å²) in [5.74, 6) is 0. The molecule has 0 heterocycles. The number of hydrogen-bond donors (Lipinski definition) is 1. The predicted molar refractivity (Wildman–Crippen MR) is 101 cm³/mol. The molecule has 148 valence electrons. The van der Waals surface area contributed by atoms with Crippen molar-refractivity contribution in [3.05, 3.63) is 0 Å². The van der Waals surface area contributed by atoms with Crippen LogP contribution in [0.1, 0.15) is 40.5 Å². The van der Waals surface area contributed by atoms with Crippen LogP contribution in [-0.4, -0.2) is 65.3 Å². The van der Waals surface area contributed by atoms with Crippen LogP contribution < -0.4 is 5.73 Å². The van der Waals surface area contributed by atoms with Gasteiger partial charge in [0, 0.05) is 53.2 Å². The highest BCUT2D eigenvalue weighted by atomic mass is 28.4. The second kappa shape index (κ2) is 16.6. The monoisotopic (exact) mass is 385 g/mol. The highest BCUT2D eigenvalue weighted by Gasteiger charge is 2.39. The molecule has 0 fully saturated rings. The van der Waals surface area contributed by atoms with Crippen LogP contribution in [-0.2, 0) is 26.6 Å². The van der Waals surface area contributed by atoms with Gasteiger partial charge in [-0.3, -0.25) is 0 Å². The molecule has 0 aliphatic rings. The van der Waals surface area contributed by atoms with Gasteiger partial charge in [0.05, 0.1) is 0 Å². The number of rotatable bonds is 14. The summed E-state index contributed by atoms with van der Waals surface area (Å²) in [7, 11) is 0.207. The quantitative estimate of drug-likeness (QED) is 0.460. The largest absolute Gasteiger partial charge is 0.500 e. The molecular weight excluding hydrogens is 346 g/mol. The van der Waals surface area contributed by atoms with E-state index in [4.69, 9.17) is 32.3 Å². The van der Waals surface area contributed by atoms with E-state index in [0.29, 0.717) is 26.4 Å². The summed E-state index contributed by atoms with van der Waals surface area (Å²) in [6, 6.07) is 1.70. The molecular formula is C15H39NO6Si2. The van der Waals surface area contributed by atoms with Crippen molar-refractivity contribution in [2.45, 2.75) is 52.6 Å². The molecule has 0 unspecified atom stereocenters. The third-order valence-electron chi connectivity index (χ3n) is 3.27. The van der Waals surface area contributed by atoms with Gasteiger partial charge in [-0.25, -0.2) is 0 Å². The molecule has 0 radical (unpaired) electrons. The SMILES string of the molecule is CCC[Si](OCC)(OCC)OCC.CO[Si](CCCN)(OC)OC. The van der Waals surface area contributed by atoms with Gasteiger partial charge >= 0.3 is 17.6 Å². The summed E-state index contributed by atoms with van der Waals surface area (Å²) in [6.45, 7) is 10.7.